The van der Waals surface area contributed by atoms with Crippen molar-refractivity contribution in [3.05, 3.63) is 46.9 Å². The minimum absolute atomic E-state index is 0.0481. The Balaban J connectivity index is 1.47. The lowest BCUT2D eigenvalue weighted by molar-refractivity contribution is -0.117. The van der Waals surface area contributed by atoms with E-state index in [2.05, 4.69) is 27.3 Å². The Kier molecular flexibility index (Phi) is 5.48. The maximum absolute atomic E-state index is 12.0. The van der Waals surface area contributed by atoms with E-state index < -0.39 is 0 Å². The van der Waals surface area contributed by atoms with Crippen molar-refractivity contribution in [2.45, 2.75) is 18.9 Å². The lowest BCUT2D eigenvalue weighted by Crippen LogP contribution is -2.44. The van der Waals surface area contributed by atoms with Crippen molar-refractivity contribution in [3.8, 4) is 5.75 Å². The quantitative estimate of drug-likeness (QED) is 0.848. The van der Waals surface area contributed by atoms with Crippen molar-refractivity contribution in [2.75, 3.05) is 25.1 Å². The van der Waals surface area contributed by atoms with Crippen LogP contribution in [0.1, 0.15) is 17.8 Å². The van der Waals surface area contributed by atoms with Crippen LogP contribution in [0.15, 0.2) is 41.9 Å². The molecule has 0 bridgehead atoms. The fraction of sp³-hybridized carbons (Fsp3) is 0.333. The van der Waals surface area contributed by atoms with Crippen molar-refractivity contribution >= 4 is 29.0 Å². The Bertz CT molecular complexity index is 675. The van der Waals surface area contributed by atoms with E-state index in [1.165, 1.54) is 17.0 Å². The molecule has 1 fully saturated rings. The SMILES string of the molecule is COc1ccc(N2CCC(NC(=O)/C=C/c3nccs3)CC2)cc1. The van der Waals surface area contributed by atoms with Gasteiger partial charge >= 0.3 is 0 Å². The van der Waals surface area contributed by atoms with Gasteiger partial charge in [0, 0.05) is 42.5 Å². The molecule has 1 aliphatic heterocycles. The first-order chi connectivity index (χ1) is 11.7. The van der Waals surface area contributed by atoms with Crippen molar-refractivity contribution in [3.63, 3.8) is 0 Å². The number of anilines is 1. The van der Waals surface area contributed by atoms with Crippen molar-refractivity contribution < 1.29 is 9.53 Å². The maximum Gasteiger partial charge on any atom is 0.244 e. The number of rotatable bonds is 5. The van der Waals surface area contributed by atoms with Crippen LogP contribution in [0.2, 0.25) is 0 Å². The molecule has 126 valence electrons. The van der Waals surface area contributed by atoms with E-state index in [-0.39, 0.29) is 11.9 Å². The number of nitrogens with zero attached hydrogens (tertiary/aromatic N) is 2. The van der Waals surface area contributed by atoms with Crippen LogP contribution in [0.5, 0.6) is 5.75 Å². The summed E-state index contributed by atoms with van der Waals surface area (Å²) in [4.78, 5) is 18.4. The Hall–Kier alpha value is -2.34. The Morgan fingerprint density at radius 2 is 2.08 bits per heavy atom. The number of aromatic nitrogens is 1. The first-order valence-electron chi connectivity index (χ1n) is 8.01. The van der Waals surface area contributed by atoms with E-state index in [1.807, 2.05) is 17.5 Å². The van der Waals surface area contributed by atoms with Crippen molar-refractivity contribution in [2.24, 2.45) is 0 Å². The topological polar surface area (TPSA) is 54.5 Å². The van der Waals surface area contributed by atoms with Crippen LogP contribution in [0.3, 0.4) is 0 Å². The second-order valence-electron chi connectivity index (χ2n) is 5.67. The lowest BCUT2D eigenvalue weighted by Gasteiger charge is -2.33. The number of methoxy groups -OCH3 is 1. The predicted molar refractivity (Wildman–Crippen MR) is 97.5 cm³/mol. The minimum Gasteiger partial charge on any atom is -0.497 e. The van der Waals surface area contributed by atoms with Crippen LogP contribution in [0.25, 0.3) is 6.08 Å². The number of benzene rings is 1. The summed E-state index contributed by atoms with van der Waals surface area (Å²) in [7, 11) is 1.67. The van der Waals surface area contributed by atoms with Crippen LogP contribution in [-0.4, -0.2) is 37.1 Å². The molecule has 3 rings (SSSR count). The normalized spacial score (nSPS) is 15.6. The highest BCUT2D eigenvalue weighted by molar-refractivity contribution is 7.10. The molecule has 1 amide bonds. The van der Waals surface area contributed by atoms with E-state index in [0.717, 1.165) is 36.7 Å². The molecular weight excluding hydrogens is 322 g/mol. The third-order valence-electron chi connectivity index (χ3n) is 4.11. The molecule has 1 aliphatic rings. The third kappa shape index (κ3) is 4.35. The molecule has 1 aromatic carbocycles. The van der Waals surface area contributed by atoms with Gasteiger partial charge in [-0.15, -0.1) is 11.3 Å². The van der Waals surface area contributed by atoms with Crippen molar-refractivity contribution in [1.29, 1.82) is 0 Å². The first-order valence-corrected chi connectivity index (χ1v) is 8.89. The van der Waals surface area contributed by atoms with Gasteiger partial charge in [-0.1, -0.05) is 0 Å². The molecule has 0 atom stereocenters. The molecule has 2 heterocycles. The summed E-state index contributed by atoms with van der Waals surface area (Å²) in [6, 6.07) is 8.34. The highest BCUT2D eigenvalue weighted by atomic mass is 32.1. The number of amides is 1. The third-order valence-corrected chi connectivity index (χ3v) is 4.85. The van der Waals surface area contributed by atoms with Gasteiger partial charge in [0.05, 0.1) is 7.11 Å². The largest absolute Gasteiger partial charge is 0.497 e. The van der Waals surface area contributed by atoms with Crippen LogP contribution in [0, 0.1) is 0 Å². The first kappa shape index (κ1) is 16.5. The molecular formula is C18H21N3O2S. The van der Waals surface area contributed by atoms with Gasteiger partial charge in [-0.3, -0.25) is 4.79 Å². The van der Waals surface area contributed by atoms with E-state index >= 15 is 0 Å². The predicted octanol–water partition coefficient (Wildman–Crippen LogP) is 2.95. The molecule has 0 spiro atoms. The van der Waals surface area contributed by atoms with Crippen LogP contribution in [0.4, 0.5) is 5.69 Å². The van der Waals surface area contributed by atoms with E-state index in [0.29, 0.717) is 0 Å². The van der Waals surface area contributed by atoms with E-state index in [1.54, 1.807) is 25.5 Å². The van der Waals surface area contributed by atoms with E-state index in [4.69, 9.17) is 4.74 Å². The van der Waals surface area contributed by atoms with Crippen LogP contribution >= 0.6 is 11.3 Å². The molecule has 24 heavy (non-hydrogen) atoms. The minimum atomic E-state index is -0.0481. The fourth-order valence-corrected chi connectivity index (χ4v) is 3.32. The number of piperidine rings is 1. The van der Waals surface area contributed by atoms with Gasteiger partial charge in [0.25, 0.3) is 0 Å². The second-order valence-corrected chi connectivity index (χ2v) is 6.60. The van der Waals surface area contributed by atoms with Gasteiger partial charge in [0.15, 0.2) is 0 Å². The molecule has 0 unspecified atom stereocenters. The number of nitrogens with one attached hydrogen (secondary N) is 1. The van der Waals surface area contributed by atoms with Gasteiger partial charge < -0.3 is 15.0 Å². The Morgan fingerprint density at radius 1 is 1.33 bits per heavy atom. The summed E-state index contributed by atoms with van der Waals surface area (Å²) in [5, 5.41) is 5.82. The summed E-state index contributed by atoms with van der Waals surface area (Å²) in [6.07, 6.45) is 6.95. The summed E-state index contributed by atoms with van der Waals surface area (Å²) in [5.41, 5.74) is 1.20. The van der Waals surface area contributed by atoms with Gasteiger partial charge in [0.2, 0.25) is 5.91 Å². The molecule has 2 aromatic rings. The standard InChI is InChI=1S/C18H21N3O2S/c1-23-16-4-2-15(3-5-16)21-11-8-14(9-12-21)20-17(22)6-7-18-19-10-13-24-18/h2-7,10,13-14H,8-9,11-12H2,1H3,(H,20,22)/b7-6+. The fourth-order valence-electron chi connectivity index (χ4n) is 2.79. The molecule has 6 heteroatoms. The van der Waals surface area contributed by atoms with Gasteiger partial charge in [-0.05, 0) is 43.2 Å². The zero-order valence-corrected chi connectivity index (χ0v) is 14.5. The second kappa shape index (κ2) is 7.97. The molecule has 1 saturated heterocycles. The number of hydrogen-bond acceptors (Lipinski definition) is 5. The van der Waals surface area contributed by atoms with Crippen LogP contribution < -0.4 is 15.0 Å². The zero-order chi connectivity index (χ0) is 16.8. The van der Waals surface area contributed by atoms with Gasteiger partial charge in [0.1, 0.15) is 10.8 Å². The van der Waals surface area contributed by atoms with Crippen molar-refractivity contribution in [1.82, 2.24) is 10.3 Å². The number of thiazole rings is 1. The summed E-state index contributed by atoms with van der Waals surface area (Å²) >= 11 is 1.52. The molecule has 1 N–H and O–H groups in total. The molecule has 0 saturated carbocycles. The lowest BCUT2D eigenvalue weighted by atomic mass is 10.0. The highest BCUT2D eigenvalue weighted by Gasteiger charge is 2.20. The molecule has 5 nitrogen and oxygen atoms in total. The van der Waals surface area contributed by atoms with Gasteiger partial charge in [-0.25, -0.2) is 4.98 Å². The number of hydrogen-bond donors (Lipinski definition) is 1. The summed E-state index contributed by atoms with van der Waals surface area (Å²) < 4.78 is 5.19. The Morgan fingerprint density at radius 3 is 2.71 bits per heavy atom. The van der Waals surface area contributed by atoms with Crippen LogP contribution in [-0.2, 0) is 4.79 Å². The number of ether oxygens (including phenoxy) is 1. The monoisotopic (exact) mass is 343 g/mol. The zero-order valence-electron chi connectivity index (χ0n) is 13.6. The molecule has 1 aromatic heterocycles. The Labute approximate surface area is 146 Å². The highest BCUT2D eigenvalue weighted by Crippen LogP contribution is 2.22. The number of carbonyl (C=O) groups excluding carboxylic acids is 1. The summed E-state index contributed by atoms with van der Waals surface area (Å²) in [5.74, 6) is 0.820. The summed E-state index contributed by atoms with van der Waals surface area (Å²) in [6.45, 7) is 1.88. The smallest absolute Gasteiger partial charge is 0.244 e. The average molecular weight is 343 g/mol. The number of carbonyl (C=O) groups is 1. The maximum atomic E-state index is 12.0. The average Bonchev–Trinajstić information content (AvgIpc) is 3.14. The molecule has 0 aliphatic carbocycles. The molecule has 0 radical (unpaired) electrons. The van der Waals surface area contributed by atoms with Gasteiger partial charge in [-0.2, -0.15) is 0 Å². The van der Waals surface area contributed by atoms with E-state index in [9.17, 15) is 4.79 Å².